The van der Waals surface area contributed by atoms with Gasteiger partial charge in [0.15, 0.2) is 0 Å². The molecule has 0 saturated carbocycles. The Morgan fingerprint density at radius 2 is 2.31 bits per heavy atom. The number of rotatable bonds is 4. The van der Waals surface area contributed by atoms with Gasteiger partial charge in [0, 0.05) is 19.2 Å². The third kappa shape index (κ3) is 2.17. The second-order valence-electron chi connectivity index (χ2n) is 4.08. The Morgan fingerprint density at radius 3 is 2.94 bits per heavy atom. The average molecular weight is 219 g/mol. The minimum atomic E-state index is 0.371. The number of hydrogen-bond acceptors (Lipinski definition) is 3. The van der Waals surface area contributed by atoms with E-state index in [0.717, 1.165) is 23.5 Å². The molecule has 0 saturated heterocycles. The summed E-state index contributed by atoms with van der Waals surface area (Å²) in [4.78, 5) is 0. The zero-order chi connectivity index (χ0) is 11.5. The molecule has 86 valence electrons. The Kier molecular flexibility index (Phi) is 3.10. The Balaban J connectivity index is 2.19. The van der Waals surface area contributed by atoms with Gasteiger partial charge in [0.2, 0.25) is 0 Å². The van der Waals surface area contributed by atoms with E-state index in [4.69, 9.17) is 10.2 Å². The third-order valence-electron chi connectivity index (χ3n) is 2.70. The van der Waals surface area contributed by atoms with Gasteiger partial charge in [-0.05, 0) is 25.1 Å². The van der Waals surface area contributed by atoms with E-state index in [1.807, 2.05) is 25.4 Å². The molecule has 16 heavy (non-hydrogen) atoms. The van der Waals surface area contributed by atoms with Crippen LogP contribution in [0.1, 0.15) is 25.0 Å². The van der Waals surface area contributed by atoms with Gasteiger partial charge in [0.1, 0.15) is 11.5 Å². The van der Waals surface area contributed by atoms with Crippen LogP contribution in [0.15, 0.2) is 28.9 Å². The number of nitrogens with two attached hydrogens (primary N) is 1. The quantitative estimate of drug-likeness (QED) is 0.857. The van der Waals surface area contributed by atoms with E-state index >= 15 is 0 Å². The molecule has 0 fully saturated rings. The molecule has 2 N–H and O–H groups in total. The first-order valence-electron chi connectivity index (χ1n) is 5.49. The molecule has 4 nitrogen and oxygen atoms in total. The van der Waals surface area contributed by atoms with Crippen molar-refractivity contribution in [1.29, 1.82) is 0 Å². The van der Waals surface area contributed by atoms with Crippen molar-refractivity contribution in [1.82, 2.24) is 9.78 Å². The monoisotopic (exact) mass is 219 g/mol. The van der Waals surface area contributed by atoms with Crippen molar-refractivity contribution in [3.05, 3.63) is 30.3 Å². The average Bonchev–Trinajstić information content (AvgIpc) is 2.85. The predicted octanol–water partition coefficient (Wildman–Crippen LogP) is 2.13. The maximum atomic E-state index is 5.79. The minimum Gasteiger partial charge on any atom is -0.461 e. The molecule has 2 aromatic rings. The molecule has 0 aromatic carbocycles. The van der Waals surface area contributed by atoms with Crippen molar-refractivity contribution in [3.8, 4) is 11.3 Å². The summed E-state index contributed by atoms with van der Waals surface area (Å²) < 4.78 is 7.55. The molecule has 0 aliphatic rings. The Labute approximate surface area is 95.1 Å². The lowest BCUT2D eigenvalue weighted by molar-refractivity contribution is 0.474. The summed E-state index contributed by atoms with van der Waals surface area (Å²) in [6, 6.07) is 4.00. The summed E-state index contributed by atoms with van der Waals surface area (Å²) in [5.41, 5.74) is 6.54. The van der Waals surface area contributed by atoms with E-state index in [2.05, 4.69) is 12.0 Å². The van der Waals surface area contributed by atoms with Crippen molar-refractivity contribution in [2.45, 2.75) is 19.3 Å². The van der Waals surface area contributed by atoms with Crippen LogP contribution in [0.25, 0.3) is 11.3 Å². The highest BCUT2D eigenvalue weighted by Gasteiger charge is 2.11. The van der Waals surface area contributed by atoms with Crippen molar-refractivity contribution in [2.75, 3.05) is 6.54 Å². The fourth-order valence-electron chi connectivity index (χ4n) is 1.71. The standard InChI is InChI=1S/C12H17N3O/c1-9(5-6-13)11-3-4-12(16-11)10-7-14-15(2)8-10/h3-4,7-9H,5-6,13H2,1-2H3. The fraction of sp³-hybridized carbons (Fsp3) is 0.417. The van der Waals surface area contributed by atoms with Gasteiger partial charge in [-0.2, -0.15) is 5.10 Å². The summed E-state index contributed by atoms with van der Waals surface area (Å²) in [6.07, 6.45) is 4.69. The molecule has 2 rings (SSSR count). The molecule has 0 aliphatic heterocycles. The van der Waals surface area contributed by atoms with Crippen molar-refractivity contribution >= 4 is 0 Å². The van der Waals surface area contributed by atoms with E-state index in [1.54, 1.807) is 10.9 Å². The Morgan fingerprint density at radius 1 is 1.50 bits per heavy atom. The normalized spacial score (nSPS) is 12.9. The largest absolute Gasteiger partial charge is 0.461 e. The number of aryl methyl sites for hydroxylation is 1. The zero-order valence-corrected chi connectivity index (χ0v) is 9.68. The smallest absolute Gasteiger partial charge is 0.137 e. The molecule has 0 bridgehead atoms. The summed E-state index contributed by atoms with van der Waals surface area (Å²) in [5.74, 6) is 2.23. The molecule has 0 radical (unpaired) electrons. The molecule has 1 atom stereocenters. The Hall–Kier alpha value is -1.55. The summed E-state index contributed by atoms with van der Waals surface area (Å²) in [5, 5.41) is 4.12. The molecule has 0 amide bonds. The van der Waals surface area contributed by atoms with Crippen LogP contribution in [0.4, 0.5) is 0 Å². The number of furan rings is 1. The molecule has 2 aromatic heterocycles. The molecule has 0 spiro atoms. The maximum Gasteiger partial charge on any atom is 0.137 e. The fourth-order valence-corrected chi connectivity index (χ4v) is 1.71. The first kappa shape index (κ1) is 11.0. The molecular weight excluding hydrogens is 202 g/mol. The van der Waals surface area contributed by atoms with Gasteiger partial charge < -0.3 is 10.2 Å². The van der Waals surface area contributed by atoms with Gasteiger partial charge in [-0.3, -0.25) is 4.68 Å². The Bertz CT molecular complexity index is 458. The van der Waals surface area contributed by atoms with E-state index in [9.17, 15) is 0 Å². The second-order valence-corrected chi connectivity index (χ2v) is 4.08. The van der Waals surface area contributed by atoms with Crippen LogP contribution in [0, 0.1) is 0 Å². The lowest BCUT2D eigenvalue weighted by Crippen LogP contribution is -2.03. The van der Waals surface area contributed by atoms with Gasteiger partial charge in [-0.1, -0.05) is 6.92 Å². The molecule has 0 aliphatic carbocycles. The summed E-state index contributed by atoms with van der Waals surface area (Å²) in [6.45, 7) is 2.81. The van der Waals surface area contributed by atoms with Crippen LogP contribution < -0.4 is 5.73 Å². The van der Waals surface area contributed by atoms with Gasteiger partial charge in [0.05, 0.1) is 11.8 Å². The molecule has 2 heterocycles. The first-order valence-corrected chi connectivity index (χ1v) is 5.49. The van der Waals surface area contributed by atoms with Gasteiger partial charge >= 0.3 is 0 Å². The van der Waals surface area contributed by atoms with E-state index in [1.165, 1.54) is 0 Å². The first-order chi connectivity index (χ1) is 7.70. The summed E-state index contributed by atoms with van der Waals surface area (Å²) >= 11 is 0. The lowest BCUT2D eigenvalue weighted by Gasteiger charge is -2.05. The van der Waals surface area contributed by atoms with Gasteiger partial charge in [-0.15, -0.1) is 0 Å². The van der Waals surface area contributed by atoms with Crippen molar-refractivity contribution in [2.24, 2.45) is 12.8 Å². The van der Waals surface area contributed by atoms with Gasteiger partial charge in [0.25, 0.3) is 0 Å². The van der Waals surface area contributed by atoms with Crippen LogP contribution >= 0.6 is 0 Å². The zero-order valence-electron chi connectivity index (χ0n) is 9.68. The van der Waals surface area contributed by atoms with E-state index in [0.29, 0.717) is 12.5 Å². The van der Waals surface area contributed by atoms with Crippen molar-refractivity contribution in [3.63, 3.8) is 0 Å². The highest BCUT2D eigenvalue weighted by atomic mass is 16.3. The molecule has 4 heteroatoms. The lowest BCUT2D eigenvalue weighted by atomic mass is 10.1. The van der Waals surface area contributed by atoms with E-state index < -0.39 is 0 Å². The van der Waals surface area contributed by atoms with Crippen LogP contribution in [-0.4, -0.2) is 16.3 Å². The number of aromatic nitrogens is 2. The maximum absolute atomic E-state index is 5.79. The van der Waals surface area contributed by atoms with Crippen LogP contribution in [0.2, 0.25) is 0 Å². The number of nitrogens with zero attached hydrogens (tertiary/aromatic N) is 2. The highest BCUT2D eigenvalue weighted by molar-refractivity contribution is 5.55. The van der Waals surface area contributed by atoms with E-state index in [-0.39, 0.29) is 0 Å². The SMILES string of the molecule is CC(CCN)c1ccc(-c2cnn(C)c2)o1. The number of hydrogen-bond donors (Lipinski definition) is 1. The molecule has 1 unspecified atom stereocenters. The summed E-state index contributed by atoms with van der Waals surface area (Å²) in [7, 11) is 1.89. The minimum absolute atomic E-state index is 0.371. The predicted molar refractivity (Wildman–Crippen MR) is 63.0 cm³/mol. The third-order valence-corrected chi connectivity index (χ3v) is 2.70. The van der Waals surface area contributed by atoms with Crippen molar-refractivity contribution < 1.29 is 4.42 Å². The van der Waals surface area contributed by atoms with Crippen LogP contribution in [-0.2, 0) is 7.05 Å². The topological polar surface area (TPSA) is 57.0 Å². The van der Waals surface area contributed by atoms with Crippen LogP contribution in [0.3, 0.4) is 0 Å². The highest BCUT2D eigenvalue weighted by Crippen LogP contribution is 2.26. The second kappa shape index (κ2) is 4.53. The van der Waals surface area contributed by atoms with Crippen LogP contribution in [0.5, 0.6) is 0 Å². The van der Waals surface area contributed by atoms with Gasteiger partial charge in [-0.25, -0.2) is 0 Å². The molecular formula is C12H17N3O.